The molecule has 4 rings (SSSR count). The third-order valence-electron chi connectivity index (χ3n) is 14.8. The van der Waals surface area contributed by atoms with Crippen LogP contribution in [0.4, 0.5) is 5.69 Å². The Balaban J connectivity index is 1.40. The fourth-order valence-corrected chi connectivity index (χ4v) is 10.5. The van der Waals surface area contributed by atoms with Gasteiger partial charge in [0.15, 0.2) is 0 Å². The van der Waals surface area contributed by atoms with Crippen LogP contribution in [0.5, 0.6) is 0 Å². The first-order valence-corrected chi connectivity index (χ1v) is 26.6. The molecule has 2 aromatic carbocycles. The molecular formula is C57H85N7O11. The van der Waals surface area contributed by atoms with Crippen LogP contribution in [0.3, 0.4) is 0 Å². The Bertz CT molecular complexity index is 2260. The first kappa shape index (κ1) is 61.6. The first-order chi connectivity index (χ1) is 35.7. The highest BCUT2D eigenvalue weighted by atomic mass is 16.5. The summed E-state index contributed by atoms with van der Waals surface area (Å²) in [6.07, 6.45) is 5.45. The number of rotatable bonds is 30. The second-order valence-electron chi connectivity index (χ2n) is 20.9. The summed E-state index contributed by atoms with van der Waals surface area (Å²) < 4.78 is 17.1. The lowest BCUT2D eigenvalue weighted by Crippen LogP contribution is -2.60. The fraction of sp³-hybridized carbons (Fsp3) is 0.614. The lowest BCUT2D eigenvalue weighted by molar-refractivity contribution is -0.149. The van der Waals surface area contributed by atoms with Crippen molar-refractivity contribution in [2.24, 2.45) is 23.7 Å². The van der Waals surface area contributed by atoms with Crippen LogP contribution in [0, 0.1) is 23.7 Å². The van der Waals surface area contributed by atoms with Gasteiger partial charge in [-0.25, -0.2) is 4.79 Å². The number of unbranched alkanes of at least 4 members (excludes halogenated alkanes) is 2. The van der Waals surface area contributed by atoms with Crippen molar-refractivity contribution in [1.29, 1.82) is 0 Å². The predicted octanol–water partition coefficient (Wildman–Crippen LogP) is 5.53. The van der Waals surface area contributed by atoms with Crippen molar-refractivity contribution in [3.05, 3.63) is 77.9 Å². The van der Waals surface area contributed by atoms with E-state index < -0.39 is 60.2 Å². The minimum atomic E-state index is -0.922. The molecule has 0 bridgehead atoms. The van der Waals surface area contributed by atoms with E-state index in [4.69, 9.17) is 14.2 Å². The monoisotopic (exact) mass is 1040 g/mol. The van der Waals surface area contributed by atoms with Gasteiger partial charge in [-0.15, -0.1) is 0 Å². The molecule has 0 saturated carbocycles. The standard InChI is InChI=1S/C57H85N7O11/c1-13-38(6)52(45(73-10)34-49(68)63-31-21-26-44(63)53(74-11)39(7)54(69)59-43(57(72)75-12)33-40-22-16-14-17-23-40)62(9)56(71)50(36(2)3)60-55(70)51(37(4)5)61(8)35-41-24-20-25-42(32-41)58-46(65)27-18-15-19-30-64-47(66)28-29-48(64)67/h14,16-17,20,22-25,28-29,32,36-39,43-45,50-53H,13,15,18-19,21,26-27,30-31,33-35H2,1-12H3,(H,58,65)(H,59,69)(H,60,70). The molecule has 1 saturated heterocycles. The molecule has 2 heterocycles. The van der Waals surface area contributed by atoms with Crippen molar-refractivity contribution in [2.75, 3.05) is 53.8 Å². The molecule has 9 unspecified atom stereocenters. The fourth-order valence-electron chi connectivity index (χ4n) is 10.5. The summed E-state index contributed by atoms with van der Waals surface area (Å²) in [6, 6.07) is 13.4. The highest BCUT2D eigenvalue weighted by Gasteiger charge is 2.44. The topological polar surface area (TPSA) is 213 Å². The smallest absolute Gasteiger partial charge is 0.328 e. The minimum Gasteiger partial charge on any atom is -0.467 e. The zero-order valence-electron chi connectivity index (χ0n) is 46.5. The number of imide groups is 1. The second kappa shape index (κ2) is 29.9. The summed E-state index contributed by atoms with van der Waals surface area (Å²) in [5.41, 5.74) is 2.35. The number of benzene rings is 2. The number of nitrogens with zero attached hydrogens (tertiary/aromatic N) is 4. The van der Waals surface area contributed by atoms with E-state index in [0.717, 1.165) is 11.1 Å². The van der Waals surface area contributed by atoms with E-state index >= 15 is 0 Å². The van der Waals surface area contributed by atoms with Crippen molar-refractivity contribution in [3.8, 4) is 0 Å². The molecule has 0 radical (unpaired) electrons. The summed E-state index contributed by atoms with van der Waals surface area (Å²) in [6.45, 7) is 14.6. The largest absolute Gasteiger partial charge is 0.467 e. The van der Waals surface area contributed by atoms with Crippen LogP contribution in [-0.2, 0) is 65.5 Å². The molecule has 2 aliphatic rings. The Morgan fingerprint density at radius 2 is 1.45 bits per heavy atom. The molecule has 9 atom stereocenters. The molecule has 75 heavy (non-hydrogen) atoms. The van der Waals surface area contributed by atoms with Gasteiger partial charge >= 0.3 is 5.97 Å². The van der Waals surface area contributed by atoms with Crippen LogP contribution in [0.15, 0.2) is 66.7 Å². The lowest BCUT2D eigenvalue weighted by Gasteiger charge is -2.41. The average molecular weight is 1040 g/mol. The van der Waals surface area contributed by atoms with Crippen LogP contribution in [0.1, 0.15) is 111 Å². The van der Waals surface area contributed by atoms with Crippen LogP contribution in [0.25, 0.3) is 0 Å². The van der Waals surface area contributed by atoms with E-state index in [1.807, 2.05) is 102 Å². The summed E-state index contributed by atoms with van der Waals surface area (Å²) in [4.78, 5) is 113. The van der Waals surface area contributed by atoms with Gasteiger partial charge in [0.2, 0.25) is 29.5 Å². The second-order valence-corrected chi connectivity index (χ2v) is 20.9. The van der Waals surface area contributed by atoms with E-state index in [-0.39, 0.29) is 72.5 Å². The zero-order chi connectivity index (χ0) is 55.5. The van der Waals surface area contributed by atoms with Crippen molar-refractivity contribution < 1.29 is 52.6 Å². The van der Waals surface area contributed by atoms with Gasteiger partial charge in [0, 0.05) is 71.6 Å². The van der Waals surface area contributed by atoms with Gasteiger partial charge in [0.1, 0.15) is 12.1 Å². The van der Waals surface area contributed by atoms with Gasteiger partial charge in [0.25, 0.3) is 11.8 Å². The van der Waals surface area contributed by atoms with Crippen LogP contribution in [-0.4, -0.2) is 158 Å². The Morgan fingerprint density at radius 1 is 0.787 bits per heavy atom. The van der Waals surface area contributed by atoms with E-state index in [1.165, 1.54) is 38.4 Å². The Labute approximate surface area is 445 Å². The van der Waals surface area contributed by atoms with Gasteiger partial charge in [-0.05, 0) is 73.7 Å². The summed E-state index contributed by atoms with van der Waals surface area (Å²) in [5.74, 6) is -3.85. The number of hydrogen-bond acceptors (Lipinski definition) is 12. The molecule has 414 valence electrons. The number of ether oxygens (including phenoxy) is 3. The Hall–Kier alpha value is -5.98. The van der Waals surface area contributed by atoms with Gasteiger partial charge in [0.05, 0.1) is 49.8 Å². The number of esters is 1. The van der Waals surface area contributed by atoms with E-state index in [1.54, 1.807) is 29.8 Å². The molecule has 2 aromatic rings. The molecule has 18 nitrogen and oxygen atoms in total. The predicted molar refractivity (Wildman–Crippen MR) is 286 cm³/mol. The third-order valence-corrected chi connectivity index (χ3v) is 14.8. The Morgan fingerprint density at radius 3 is 2.05 bits per heavy atom. The molecular weight excluding hydrogens is 959 g/mol. The Kier molecular flexibility index (Phi) is 24.6. The summed E-state index contributed by atoms with van der Waals surface area (Å²) in [5, 5.41) is 8.93. The van der Waals surface area contributed by atoms with Gasteiger partial charge in [-0.3, -0.25) is 43.4 Å². The molecule has 18 heteroatoms. The normalized spacial score (nSPS) is 17.8. The van der Waals surface area contributed by atoms with Gasteiger partial charge in [-0.1, -0.05) is 104 Å². The van der Waals surface area contributed by atoms with Crippen LogP contribution >= 0.6 is 0 Å². The number of carbonyl (C=O) groups is 8. The minimum absolute atomic E-state index is 0.0484. The molecule has 3 N–H and O–H groups in total. The number of likely N-dealkylation sites (N-methyl/N-ethyl adjacent to an activating group) is 2. The molecule has 7 amide bonds. The molecule has 2 aliphatic heterocycles. The SMILES string of the molecule is CCC(C)C(C(CC(=O)N1CCCC1C(OC)C(C)C(=O)NC(Cc1ccccc1)C(=O)OC)OC)N(C)C(=O)C(NC(=O)C(C(C)C)N(C)Cc1cccc(NC(=O)CCCCCN2C(=O)C=CC2=O)c1)C(C)C. The highest BCUT2D eigenvalue weighted by Crippen LogP contribution is 2.30. The number of carbonyl (C=O) groups excluding carboxylic acids is 8. The lowest BCUT2D eigenvalue weighted by atomic mass is 9.89. The molecule has 0 spiro atoms. The van der Waals surface area contributed by atoms with Crippen molar-refractivity contribution in [2.45, 2.75) is 155 Å². The van der Waals surface area contributed by atoms with Crippen LogP contribution in [0.2, 0.25) is 0 Å². The maximum atomic E-state index is 14.8. The average Bonchev–Trinajstić information content (AvgIpc) is 3.99. The van der Waals surface area contributed by atoms with E-state index in [9.17, 15) is 38.4 Å². The number of hydrogen-bond donors (Lipinski definition) is 3. The third kappa shape index (κ3) is 17.3. The van der Waals surface area contributed by atoms with Crippen molar-refractivity contribution >= 4 is 53.0 Å². The van der Waals surface area contributed by atoms with Crippen molar-refractivity contribution in [1.82, 2.24) is 30.2 Å². The molecule has 1 fully saturated rings. The summed E-state index contributed by atoms with van der Waals surface area (Å²) in [7, 11) is 7.89. The molecule has 0 aromatic heterocycles. The summed E-state index contributed by atoms with van der Waals surface area (Å²) >= 11 is 0. The highest BCUT2D eigenvalue weighted by molar-refractivity contribution is 6.12. The van der Waals surface area contributed by atoms with Gasteiger partial charge in [-0.2, -0.15) is 0 Å². The maximum absolute atomic E-state index is 14.8. The maximum Gasteiger partial charge on any atom is 0.328 e. The van der Waals surface area contributed by atoms with Crippen molar-refractivity contribution in [3.63, 3.8) is 0 Å². The van der Waals surface area contributed by atoms with E-state index in [2.05, 4.69) is 16.0 Å². The van der Waals surface area contributed by atoms with E-state index in [0.29, 0.717) is 63.8 Å². The van der Waals surface area contributed by atoms with Crippen LogP contribution < -0.4 is 16.0 Å². The molecule has 0 aliphatic carbocycles. The quantitative estimate of drug-likeness (QED) is 0.0501. The first-order valence-electron chi connectivity index (χ1n) is 26.6. The number of amides is 7. The zero-order valence-corrected chi connectivity index (χ0v) is 46.5. The number of likely N-dealkylation sites (tertiary alicyclic amines) is 1. The number of methoxy groups -OCH3 is 3. The van der Waals surface area contributed by atoms with Gasteiger partial charge < -0.3 is 40.0 Å². The number of nitrogens with one attached hydrogen (secondary N) is 3. The number of anilines is 1.